The quantitative estimate of drug-likeness (QED) is 0.642. The highest BCUT2D eigenvalue weighted by atomic mass is 16.5. The molecule has 0 bridgehead atoms. The lowest BCUT2D eigenvalue weighted by Gasteiger charge is -2.21. The summed E-state index contributed by atoms with van der Waals surface area (Å²) < 4.78 is 5.59. The average molecular weight is 228 g/mol. The molecule has 1 unspecified atom stereocenters. The molecule has 96 valence electrons. The van der Waals surface area contributed by atoms with Gasteiger partial charge in [-0.15, -0.1) is 0 Å². The zero-order valence-electron chi connectivity index (χ0n) is 11.2. The van der Waals surface area contributed by atoms with Crippen LogP contribution in [-0.2, 0) is 4.74 Å². The second-order valence-corrected chi connectivity index (χ2v) is 5.10. The zero-order valence-corrected chi connectivity index (χ0v) is 11.2. The Hall–Kier alpha value is -0.120. The smallest absolute Gasteiger partial charge is 0.0576 e. The molecule has 1 rings (SSSR count). The number of nitrogens with one attached hydrogen (secondary N) is 1. The summed E-state index contributed by atoms with van der Waals surface area (Å²) in [6.07, 6.45) is 5.57. The van der Waals surface area contributed by atoms with Crippen LogP contribution >= 0.6 is 0 Å². The van der Waals surface area contributed by atoms with Crippen LogP contribution in [0.3, 0.4) is 0 Å². The molecule has 1 N–H and O–H groups in total. The maximum atomic E-state index is 5.59. The van der Waals surface area contributed by atoms with Crippen LogP contribution in [0.25, 0.3) is 0 Å². The van der Waals surface area contributed by atoms with E-state index in [2.05, 4.69) is 31.1 Å². The first kappa shape index (κ1) is 13.9. The molecule has 16 heavy (non-hydrogen) atoms. The van der Waals surface area contributed by atoms with E-state index in [1.165, 1.54) is 25.7 Å². The Morgan fingerprint density at radius 1 is 1.38 bits per heavy atom. The van der Waals surface area contributed by atoms with Crippen molar-refractivity contribution in [2.24, 2.45) is 0 Å². The van der Waals surface area contributed by atoms with Crippen LogP contribution in [0, 0.1) is 0 Å². The third-order valence-electron chi connectivity index (χ3n) is 3.43. The van der Waals surface area contributed by atoms with Crippen molar-refractivity contribution >= 4 is 0 Å². The molecule has 1 fully saturated rings. The summed E-state index contributed by atoms with van der Waals surface area (Å²) in [5.41, 5.74) is 0. The van der Waals surface area contributed by atoms with E-state index in [1.807, 2.05) is 0 Å². The standard InChI is InChI=1S/C13H28N2O/c1-12(2)15(3)10-9-14-8-4-6-13-7-5-11-16-13/h12-14H,4-11H2,1-3H3. The second-order valence-electron chi connectivity index (χ2n) is 5.10. The van der Waals surface area contributed by atoms with Gasteiger partial charge in [-0.25, -0.2) is 0 Å². The van der Waals surface area contributed by atoms with Gasteiger partial charge in [0, 0.05) is 25.7 Å². The molecule has 0 aromatic heterocycles. The molecule has 1 saturated heterocycles. The summed E-state index contributed by atoms with van der Waals surface area (Å²) in [5.74, 6) is 0. The van der Waals surface area contributed by atoms with Gasteiger partial charge in [0.2, 0.25) is 0 Å². The minimum Gasteiger partial charge on any atom is -0.378 e. The number of rotatable bonds is 8. The Bertz CT molecular complexity index is 161. The number of nitrogens with zero attached hydrogens (tertiary/aromatic N) is 1. The van der Waals surface area contributed by atoms with Gasteiger partial charge in [-0.1, -0.05) is 0 Å². The fourth-order valence-corrected chi connectivity index (χ4v) is 1.97. The predicted molar refractivity (Wildman–Crippen MR) is 68.8 cm³/mol. The van der Waals surface area contributed by atoms with E-state index < -0.39 is 0 Å². The molecule has 1 atom stereocenters. The molecule has 0 saturated carbocycles. The van der Waals surface area contributed by atoms with Gasteiger partial charge in [-0.05, 0) is 53.1 Å². The average Bonchev–Trinajstić information content (AvgIpc) is 2.75. The molecule has 0 aliphatic carbocycles. The first-order valence-electron chi connectivity index (χ1n) is 6.72. The first-order chi connectivity index (χ1) is 7.70. The first-order valence-corrected chi connectivity index (χ1v) is 6.72. The molecule has 3 heteroatoms. The van der Waals surface area contributed by atoms with Crippen molar-refractivity contribution in [2.75, 3.05) is 33.3 Å². The fourth-order valence-electron chi connectivity index (χ4n) is 1.97. The fraction of sp³-hybridized carbons (Fsp3) is 1.00. The lowest BCUT2D eigenvalue weighted by Crippen LogP contribution is -2.34. The Kier molecular flexibility index (Phi) is 7.01. The van der Waals surface area contributed by atoms with Crippen LogP contribution in [0.1, 0.15) is 39.5 Å². The van der Waals surface area contributed by atoms with Crippen molar-refractivity contribution in [3.05, 3.63) is 0 Å². The summed E-state index contributed by atoms with van der Waals surface area (Å²) in [7, 11) is 2.18. The molecule has 0 radical (unpaired) electrons. The van der Waals surface area contributed by atoms with Crippen LogP contribution in [0.2, 0.25) is 0 Å². The molecular formula is C13H28N2O. The predicted octanol–water partition coefficient (Wildman–Crippen LogP) is 1.88. The van der Waals surface area contributed by atoms with E-state index in [4.69, 9.17) is 4.74 Å². The highest BCUT2D eigenvalue weighted by Gasteiger charge is 2.14. The molecule has 0 aromatic rings. The minimum atomic E-state index is 0.556. The van der Waals surface area contributed by atoms with Crippen molar-refractivity contribution in [1.82, 2.24) is 10.2 Å². The van der Waals surface area contributed by atoms with E-state index in [0.29, 0.717) is 12.1 Å². The SMILES string of the molecule is CC(C)N(C)CCNCCCC1CCCO1. The van der Waals surface area contributed by atoms with Gasteiger partial charge >= 0.3 is 0 Å². The summed E-state index contributed by atoms with van der Waals surface area (Å²) in [6, 6.07) is 0.647. The molecule has 1 aliphatic heterocycles. The lowest BCUT2D eigenvalue weighted by atomic mass is 10.1. The minimum absolute atomic E-state index is 0.556. The number of ether oxygens (including phenoxy) is 1. The normalized spacial score (nSPS) is 21.2. The Labute approximate surface area is 101 Å². The number of likely N-dealkylation sites (N-methyl/N-ethyl adjacent to an activating group) is 1. The topological polar surface area (TPSA) is 24.5 Å². The number of hydrogen-bond donors (Lipinski definition) is 1. The van der Waals surface area contributed by atoms with E-state index in [1.54, 1.807) is 0 Å². The van der Waals surface area contributed by atoms with E-state index in [0.717, 1.165) is 26.2 Å². The lowest BCUT2D eigenvalue weighted by molar-refractivity contribution is 0.102. The Balaban J connectivity index is 1.84. The van der Waals surface area contributed by atoms with E-state index in [9.17, 15) is 0 Å². The summed E-state index contributed by atoms with van der Waals surface area (Å²) in [6.45, 7) is 8.82. The van der Waals surface area contributed by atoms with Crippen LogP contribution in [0.15, 0.2) is 0 Å². The molecule has 1 aliphatic rings. The highest BCUT2D eigenvalue weighted by Crippen LogP contribution is 2.16. The summed E-state index contributed by atoms with van der Waals surface area (Å²) >= 11 is 0. The molecule has 3 nitrogen and oxygen atoms in total. The number of hydrogen-bond acceptors (Lipinski definition) is 3. The van der Waals surface area contributed by atoms with E-state index in [-0.39, 0.29) is 0 Å². The van der Waals surface area contributed by atoms with E-state index >= 15 is 0 Å². The van der Waals surface area contributed by atoms with Crippen molar-refractivity contribution in [3.8, 4) is 0 Å². The maximum Gasteiger partial charge on any atom is 0.0576 e. The van der Waals surface area contributed by atoms with Crippen LogP contribution in [0.5, 0.6) is 0 Å². The molecule has 0 spiro atoms. The molecule has 0 amide bonds. The third-order valence-corrected chi connectivity index (χ3v) is 3.43. The van der Waals surface area contributed by atoms with Crippen LogP contribution in [-0.4, -0.2) is 50.3 Å². The highest BCUT2D eigenvalue weighted by molar-refractivity contribution is 4.65. The van der Waals surface area contributed by atoms with Gasteiger partial charge < -0.3 is 15.0 Å². The van der Waals surface area contributed by atoms with Gasteiger partial charge in [0.15, 0.2) is 0 Å². The van der Waals surface area contributed by atoms with Gasteiger partial charge in [0.05, 0.1) is 6.10 Å². The molecule has 1 heterocycles. The van der Waals surface area contributed by atoms with Crippen molar-refractivity contribution in [1.29, 1.82) is 0 Å². The van der Waals surface area contributed by atoms with Crippen molar-refractivity contribution in [3.63, 3.8) is 0 Å². The third kappa shape index (κ3) is 5.83. The van der Waals surface area contributed by atoms with Gasteiger partial charge in [-0.3, -0.25) is 0 Å². The largest absolute Gasteiger partial charge is 0.378 e. The maximum absolute atomic E-state index is 5.59. The molecular weight excluding hydrogens is 200 g/mol. The Morgan fingerprint density at radius 3 is 2.81 bits per heavy atom. The molecule has 0 aromatic carbocycles. The van der Waals surface area contributed by atoms with Crippen LogP contribution in [0.4, 0.5) is 0 Å². The van der Waals surface area contributed by atoms with Crippen molar-refractivity contribution in [2.45, 2.75) is 51.7 Å². The summed E-state index contributed by atoms with van der Waals surface area (Å²) in [4.78, 5) is 2.37. The zero-order chi connectivity index (χ0) is 11.8. The monoisotopic (exact) mass is 228 g/mol. The second kappa shape index (κ2) is 8.04. The van der Waals surface area contributed by atoms with Gasteiger partial charge in [0.25, 0.3) is 0 Å². The van der Waals surface area contributed by atoms with Crippen molar-refractivity contribution < 1.29 is 4.74 Å². The Morgan fingerprint density at radius 2 is 2.19 bits per heavy atom. The summed E-state index contributed by atoms with van der Waals surface area (Å²) in [5, 5.41) is 3.50. The van der Waals surface area contributed by atoms with Gasteiger partial charge in [-0.2, -0.15) is 0 Å². The van der Waals surface area contributed by atoms with Crippen LogP contribution < -0.4 is 5.32 Å². The van der Waals surface area contributed by atoms with Gasteiger partial charge in [0.1, 0.15) is 0 Å².